The van der Waals surface area contributed by atoms with Crippen molar-refractivity contribution in [2.75, 3.05) is 39.5 Å². The lowest BCUT2D eigenvalue weighted by molar-refractivity contribution is -0.130. The van der Waals surface area contributed by atoms with E-state index in [1.54, 1.807) is 0 Å². The van der Waals surface area contributed by atoms with E-state index in [2.05, 4.69) is 0 Å². The van der Waals surface area contributed by atoms with Gasteiger partial charge in [0.2, 0.25) is 0 Å². The van der Waals surface area contributed by atoms with Gasteiger partial charge in [0.1, 0.15) is 42.4 Å². The summed E-state index contributed by atoms with van der Waals surface area (Å²) in [6.07, 6.45) is -11.0. The highest BCUT2D eigenvalue weighted by atomic mass is 32.2. The molecule has 1 aromatic rings. The summed E-state index contributed by atoms with van der Waals surface area (Å²) in [5.41, 5.74) is 1.02. The first-order valence-electron chi connectivity index (χ1n) is 13.6. The van der Waals surface area contributed by atoms with Crippen LogP contribution in [0.1, 0.15) is 38.2 Å². The summed E-state index contributed by atoms with van der Waals surface area (Å²) in [6.45, 7) is 0.0477. The summed E-state index contributed by atoms with van der Waals surface area (Å²) < 4.78 is 5.74. The number of nitrogens with zero attached hydrogens (tertiary/aromatic N) is 1. The molecule has 8 atom stereocenters. The van der Waals surface area contributed by atoms with E-state index < -0.39 is 62.0 Å². The van der Waals surface area contributed by atoms with Gasteiger partial charge < -0.3 is 55.8 Å². The zero-order valence-electron chi connectivity index (χ0n) is 23.4. The van der Waals surface area contributed by atoms with Crippen LogP contribution in [0.25, 0.3) is 0 Å². The summed E-state index contributed by atoms with van der Waals surface area (Å²) in [7, 11) is 0. The molecular formula is C27H47NO12S. The molecule has 41 heavy (non-hydrogen) atoms. The molecule has 0 aliphatic rings. The van der Waals surface area contributed by atoms with Gasteiger partial charge in [0.15, 0.2) is 5.12 Å². The van der Waals surface area contributed by atoms with Gasteiger partial charge >= 0.3 is 0 Å². The second-order valence-electron chi connectivity index (χ2n) is 10.0. The van der Waals surface area contributed by atoms with Crippen molar-refractivity contribution in [1.82, 2.24) is 4.90 Å². The number of unbranched alkanes of at least 4 members (excludes halogenated alkanes) is 3. The van der Waals surface area contributed by atoms with Crippen LogP contribution < -0.4 is 4.74 Å². The van der Waals surface area contributed by atoms with E-state index in [0.29, 0.717) is 18.8 Å². The molecule has 0 heterocycles. The maximum absolute atomic E-state index is 11.1. The van der Waals surface area contributed by atoms with Gasteiger partial charge in [-0.15, -0.1) is 0 Å². The number of ether oxygens (including phenoxy) is 1. The Morgan fingerprint density at radius 1 is 0.732 bits per heavy atom. The van der Waals surface area contributed by atoms with Crippen molar-refractivity contribution in [2.45, 2.75) is 87.2 Å². The molecule has 14 heteroatoms. The number of benzene rings is 1. The molecule has 13 nitrogen and oxygen atoms in total. The Morgan fingerprint density at radius 2 is 1.20 bits per heavy atom. The Balaban J connectivity index is 2.58. The Bertz CT molecular complexity index is 805. The predicted molar refractivity (Wildman–Crippen MR) is 151 cm³/mol. The minimum absolute atomic E-state index is 0.0596. The molecule has 10 N–H and O–H groups in total. The smallest absolute Gasteiger partial charge is 0.186 e. The van der Waals surface area contributed by atoms with Crippen molar-refractivity contribution in [3.05, 3.63) is 29.8 Å². The Labute approximate surface area is 244 Å². The average Bonchev–Trinajstić information content (AvgIpc) is 2.97. The first-order chi connectivity index (χ1) is 19.4. The average molecular weight is 610 g/mol. The van der Waals surface area contributed by atoms with Crippen molar-refractivity contribution in [2.24, 2.45) is 0 Å². The van der Waals surface area contributed by atoms with Crippen molar-refractivity contribution >= 4 is 16.9 Å². The monoisotopic (exact) mass is 609 g/mol. The van der Waals surface area contributed by atoms with Crippen molar-refractivity contribution in [3.63, 3.8) is 0 Å². The first-order valence-corrected chi connectivity index (χ1v) is 14.6. The molecule has 0 aromatic heterocycles. The van der Waals surface area contributed by atoms with Crippen molar-refractivity contribution < 1.29 is 60.6 Å². The van der Waals surface area contributed by atoms with Crippen LogP contribution in [0.5, 0.6) is 5.75 Å². The Kier molecular flexibility index (Phi) is 18.8. The van der Waals surface area contributed by atoms with Gasteiger partial charge in [-0.05, 0) is 37.1 Å². The molecule has 0 bridgehead atoms. The minimum Gasteiger partial charge on any atom is -0.494 e. The number of rotatable bonds is 22. The van der Waals surface area contributed by atoms with E-state index in [0.717, 1.165) is 30.6 Å². The van der Waals surface area contributed by atoms with Crippen molar-refractivity contribution in [3.8, 4) is 5.75 Å². The van der Waals surface area contributed by atoms with E-state index >= 15 is 0 Å². The summed E-state index contributed by atoms with van der Waals surface area (Å²) in [4.78, 5) is 12.6. The van der Waals surface area contributed by atoms with Gasteiger partial charge in [-0.2, -0.15) is 0 Å². The standard InChI is InChI=1S/C27H47NO12S/c1-17(31)41-16-18-6-8-19(9-7-18)40-11-5-3-2-4-10-28(12-20(32)24(36)26(38)22(34)14-29)13-21(33)25(37)27(39)23(35)15-30/h6-9,20-27,29-30,32-39H,2-5,10-16H2,1H3/t20-,21-,22+,23+,24+,25+,26+,27+/m0/s1. The third kappa shape index (κ3) is 14.6. The van der Waals surface area contributed by atoms with Crippen LogP contribution >= 0.6 is 11.8 Å². The SMILES string of the molecule is CC(=O)SCc1ccc(OCCCCCCN(C[C@H](O)[C@@H](O)[C@H](O)[C@H](O)CO)C[C@H](O)[C@@H](O)[C@H](O)[C@H](O)CO)cc1. The summed E-state index contributed by atoms with van der Waals surface area (Å²) in [5, 5.41) is 98.0. The lowest BCUT2D eigenvalue weighted by atomic mass is 10.0. The van der Waals surface area contributed by atoms with Crippen molar-refractivity contribution in [1.29, 1.82) is 0 Å². The van der Waals surface area contributed by atoms with Gasteiger partial charge in [0, 0.05) is 25.8 Å². The van der Waals surface area contributed by atoms with Gasteiger partial charge in [-0.3, -0.25) is 9.69 Å². The second kappa shape index (κ2) is 20.5. The number of aliphatic hydroxyl groups is 10. The molecule has 0 radical (unpaired) electrons. The fourth-order valence-electron chi connectivity index (χ4n) is 3.98. The molecular weight excluding hydrogens is 562 g/mol. The maximum Gasteiger partial charge on any atom is 0.186 e. The van der Waals surface area contributed by atoms with E-state index in [1.165, 1.54) is 23.6 Å². The maximum atomic E-state index is 11.1. The largest absolute Gasteiger partial charge is 0.494 e. The number of hydrogen-bond acceptors (Lipinski definition) is 14. The Hall–Kier alpha value is -1.40. The normalized spacial score (nSPS) is 17.9. The number of hydrogen-bond donors (Lipinski definition) is 10. The third-order valence-electron chi connectivity index (χ3n) is 6.54. The lowest BCUT2D eigenvalue weighted by Gasteiger charge is -2.33. The highest BCUT2D eigenvalue weighted by molar-refractivity contribution is 8.12. The molecule has 238 valence electrons. The summed E-state index contributed by atoms with van der Waals surface area (Å²) in [6, 6.07) is 7.51. The van der Waals surface area contributed by atoms with Crippen LogP contribution in [0, 0.1) is 0 Å². The van der Waals surface area contributed by atoms with Crippen LogP contribution in [0.15, 0.2) is 24.3 Å². The number of aliphatic hydroxyl groups excluding tert-OH is 10. The molecule has 0 saturated carbocycles. The number of carbonyl (C=O) groups is 1. The predicted octanol–water partition coefficient (Wildman–Crippen LogP) is -2.42. The lowest BCUT2D eigenvalue weighted by Crippen LogP contribution is -2.53. The van der Waals surface area contributed by atoms with E-state index in [4.69, 9.17) is 14.9 Å². The van der Waals surface area contributed by atoms with Crippen LogP contribution in [0.3, 0.4) is 0 Å². The summed E-state index contributed by atoms with van der Waals surface area (Å²) in [5.74, 6) is 1.32. The van der Waals surface area contributed by atoms with Gasteiger partial charge in [0.05, 0.1) is 32.0 Å². The topological polar surface area (TPSA) is 232 Å². The summed E-state index contributed by atoms with van der Waals surface area (Å²) >= 11 is 1.24. The van der Waals surface area contributed by atoms with Gasteiger partial charge in [0.25, 0.3) is 0 Å². The molecule has 1 aromatic carbocycles. The quantitative estimate of drug-likeness (QED) is 0.0617. The molecule has 0 unspecified atom stereocenters. The van der Waals surface area contributed by atoms with E-state index in [1.807, 2.05) is 24.3 Å². The number of carbonyl (C=O) groups excluding carboxylic acids is 1. The minimum atomic E-state index is -1.83. The van der Waals surface area contributed by atoms with E-state index in [-0.39, 0.29) is 24.7 Å². The molecule has 0 aliphatic heterocycles. The zero-order chi connectivity index (χ0) is 30.9. The molecule has 0 aliphatic carbocycles. The van der Waals surface area contributed by atoms with Crippen LogP contribution in [-0.2, 0) is 10.5 Å². The fourth-order valence-corrected chi connectivity index (χ4v) is 4.54. The first kappa shape index (κ1) is 37.6. The molecule has 0 amide bonds. The molecule has 0 fully saturated rings. The zero-order valence-corrected chi connectivity index (χ0v) is 24.2. The second-order valence-corrected chi connectivity index (χ2v) is 11.2. The van der Waals surface area contributed by atoms with E-state index in [9.17, 15) is 45.6 Å². The third-order valence-corrected chi connectivity index (χ3v) is 7.43. The Morgan fingerprint density at radius 3 is 1.66 bits per heavy atom. The fraction of sp³-hybridized carbons (Fsp3) is 0.741. The molecule has 1 rings (SSSR count). The molecule has 0 saturated heterocycles. The molecule has 0 spiro atoms. The van der Waals surface area contributed by atoms with Crippen LogP contribution in [0.4, 0.5) is 0 Å². The van der Waals surface area contributed by atoms with Crippen LogP contribution in [0.2, 0.25) is 0 Å². The highest BCUT2D eigenvalue weighted by Crippen LogP contribution is 2.18. The highest BCUT2D eigenvalue weighted by Gasteiger charge is 2.34. The number of thioether (sulfide) groups is 1. The van der Waals surface area contributed by atoms with Gasteiger partial charge in [-0.25, -0.2) is 0 Å². The van der Waals surface area contributed by atoms with Crippen LogP contribution in [-0.4, -0.2) is 149 Å². The van der Waals surface area contributed by atoms with Gasteiger partial charge in [-0.1, -0.05) is 36.7 Å².